The first kappa shape index (κ1) is 69.6. The lowest BCUT2D eigenvalue weighted by Gasteiger charge is -2.26. The lowest BCUT2D eigenvalue weighted by Crippen LogP contribution is -2.50. The van der Waals surface area contributed by atoms with Crippen LogP contribution in [0.25, 0.3) is 0 Å². The van der Waals surface area contributed by atoms with Crippen LogP contribution < -0.4 is 5.32 Å². The number of aliphatic hydroxyl groups is 3. The summed E-state index contributed by atoms with van der Waals surface area (Å²) in [5.74, 6) is -0.152. The molecule has 4 N–H and O–H groups in total. The Kier molecular flexibility index (Phi) is 59.9. The molecule has 71 heavy (non-hydrogen) atoms. The van der Waals surface area contributed by atoms with E-state index in [4.69, 9.17) is 0 Å². The quantitative estimate of drug-likeness (QED) is 0.0361. The van der Waals surface area contributed by atoms with Crippen LogP contribution in [0, 0.1) is 0 Å². The molecule has 0 saturated heterocycles. The summed E-state index contributed by atoms with van der Waals surface area (Å²) in [7, 11) is 0. The number of unbranched alkanes of at least 4 members (excludes halogenated alkanes) is 46. The number of amides is 1. The number of carbonyl (C=O) groups is 1. The fourth-order valence-corrected chi connectivity index (χ4v) is 10.2. The largest absolute Gasteiger partial charge is 0.394 e. The molecule has 3 unspecified atom stereocenters. The van der Waals surface area contributed by atoms with Crippen LogP contribution in [0.5, 0.6) is 0 Å². The SMILES string of the molecule is CCCCCCCCCCCCCCC/C=C/CC/C=C/CCCC(O)C(O)C(CO)NC(=O)CCCCCCCCCCCCCCCCCCC/C=C\CCCCCCCCCCCCCCCC. The Morgan fingerprint density at radius 3 is 0.859 bits per heavy atom. The molecule has 0 aliphatic rings. The van der Waals surface area contributed by atoms with Gasteiger partial charge in [0.2, 0.25) is 5.91 Å². The van der Waals surface area contributed by atoms with Crippen LogP contribution in [0.1, 0.15) is 354 Å². The first-order chi connectivity index (χ1) is 35.1. The molecule has 0 spiro atoms. The fourth-order valence-electron chi connectivity index (χ4n) is 10.2. The third-order valence-corrected chi connectivity index (χ3v) is 15.2. The van der Waals surface area contributed by atoms with Crippen LogP contribution in [0.3, 0.4) is 0 Å². The molecule has 3 atom stereocenters. The van der Waals surface area contributed by atoms with Crippen LogP contribution in [0.2, 0.25) is 0 Å². The molecule has 1 amide bonds. The third-order valence-electron chi connectivity index (χ3n) is 15.2. The Labute approximate surface area is 444 Å². The number of rotatable bonds is 60. The monoisotopic (exact) mass is 998 g/mol. The van der Waals surface area contributed by atoms with Crippen molar-refractivity contribution in [3.8, 4) is 0 Å². The van der Waals surface area contributed by atoms with E-state index in [9.17, 15) is 20.1 Å². The van der Waals surface area contributed by atoms with E-state index >= 15 is 0 Å². The summed E-state index contributed by atoms with van der Waals surface area (Å²) < 4.78 is 0. The second-order valence-electron chi connectivity index (χ2n) is 22.3. The molecule has 5 heteroatoms. The minimum absolute atomic E-state index is 0.152. The highest BCUT2D eigenvalue weighted by atomic mass is 16.3. The van der Waals surface area contributed by atoms with Crippen molar-refractivity contribution in [3.63, 3.8) is 0 Å². The van der Waals surface area contributed by atoms with Gasteiger partial charge in [-0.1, -0.05) is 307 Å². The summed E-state index contributed by atoms with van der Waals surface area (Å²) >= 11 is 0. The molecular weight excluding hydrogens is 871 g/mol. The van der Waals surface area contributed by atoms with Crippen LogP contribution in [0.4, 0.5) is 0 Å². The predicted molar refractivity (Wildman–Crippen MR) is 314 cm³/mol. The van der Waals surface area contributed by atoms with E-state index in [1.165, 1.54) is 283 Å². The first-order valence-electron chi connectivity index (χ1n) is 32.3. The normalized spacial score (nSPS) is 13.4. The second-order valence-corrected chi connectivity index (χ2v) is 22.3. The van der Waals surface area contributed by atoms with E-state index in [1.807, 2.05) is 0 Å². The van der Waals surface area contributed by atoms with Gasteiger partial charge in [-0.3, -0.25) is 4.79 Å². The Balaban J connectivity index is 3.51. The lowest BCUT2D eigenvalue weighted by molar-refractivity contribution is -0.124. The maximum Gasteiger partial charge on any atom is 0.220 e. The van der Waals surface area contributed by atoms with Crippen molar-refractivity contribution in [1.29, 1.82) is 0 Å². The number of aliphatic hydroxyl groups excluding tert-OH is 3. The average molecular weight is 999 g/mol. The second kappa shape index (κ2) is 61.1. The summed E-state index contributed by atoms with van der Waals surface area (Å²) in [4.78, 5) is 12.5. The van der Waals surface area contributed by atoms with Gasteiger partial charge in [0.25, 0.3) is 0 Å². The number of hydrogen-bond donors (Lipinski definition) is 4. The first-order valence-corrected chi connectivity index (χ1v) is 32.3. The fraction of sp³-hybridized carbons (Fsp3) is 0.894. The van der Waals surface area contributed by atoms with Gasteiger partial charge in [-0.05, 0) is 77.0 Å². The zero-order valence-corrected chi connectivity index (χ0v) is 48.1. The summed E-state index contributed by atoms with van der Waals surface area (Å²) in [6, 6.07) is -0.833. The van der Waals surface area contributed by atoms with Gasteiger partial charge in [0.05, 0.1) is 18.8 Å². The van der Waals surface area contributed by atoms with Gasteiger partial charge in [0, 0.05) is 6.42 Å². The predicted octanol–water partition coefficient (Wildman–Crippen LogP) is 20.6. The van der Waals surface area contributed by atoms with Gasteiger partial charge in [0.15, 0.2) is 0 Å². The van der Waals surface area contributed by atoms with Gasteiger partial charge in [-0.2, -0.15) is 0 Å². The van der Waals surface area contributed by atoms with Crippen molar-refractivity contribution in [3.05, 3.63) is 36.5 Å². The van der Waals surface area contributed by atoms with Gasteiger partial charge in [-0.15, -0.1) is 0 Å². The molecule has 0 fully saturated rings. The van der Waals surface area contributed by atoms with Crippen molar-refractivity contribution in [2.75, 3.05) is 6.61 Å². The highest BCUT2D eigenvalue weighted by Crippen LogP contribution is 2.18. The lowest BCUT2D eigenvalue weighted by atomic mass is 10.0. The van der Waals surface area contributed by atoms with Crippen molar-refractivity contribution >= 4 is 5.91 Å². The van der Waals surface area contributed by atoms with E-state index < -0.39 is 18.2 Å². The highest BCUT2D eigenvalue weighted by molar-refractivity contribution is 5.76. The minimum Gasteiger partial charge on any atom is -0.394 e. The van der Waals surface area contributed by atoms with Crippen molar-refractivity contribution in [1.82, 2.24) is 5.32 Å². The molecule has 0 rings (SSSR count). The molecule has 5 nitrogen and oxygen atoms in total. The maximum atomic E-state index is 12.5. The average Bonchev–Trinajstić information content (AvgIpc) is 3.37. The Hall–Kier alpha value is -1.43. The molecule has 0 aliphatic carbocycles. The van der Waals surface area contributed by atoms with Gasteiger partial charge in [0.1, 0.15) is 6.10 Å². The summed E-state index contributed by atoms with van der Waals surface area (Å²) in [5.41, 5.74) is 0. The number of nitrogens with one attached hydrogen (secondary N) is 1. The van der Waals surface area contributed by atoms with Crippen molar-refractivity contribution < 1.29 is 20.1 Å². The van der Waals surface area contributed by atoms with E-state index in [0.717, 1.165) is 44.9 Å². The summed E-state index contributed by atoms with van der Waals surface area (Å²) in [6.07, 6.45) is 80.6. The molecule has 0 aromatic carbocycles. The van der Waals surface area contributed by atoms with E-state index in [2.05, 4.69) is 55.6 Å². The molecule has 0 aromatic rings. The standard InChI is InChI=1S/C66H127NO4/c1-3-5-7-9-11-13-15-17-19-21-23-25-27-28-29-30-31-32-33-34-35-36-37-38-39-41-43-45-47-49-51-53-55-57-59-61-65(70)67-63(62-68)66(71)64(69)60-58-56-54-52-50-48-46-44-42-40-26-24-22-20-18-16-14-12-10-8-6-4-2/h30-31,44,46,52,54,63-64,66,68-69,71H,3-29,32-43,45,47-51,53,55-62H2,1-2H3,(H,67,70)/b31-30-,46-44+,54-52+. The molecule has 0 radical (unpaired) electrons. The van der Waals surface area contributed by atoms with Crippen molar-refractivity contribution in [2.45, 2.75) is 372 Å². The van der Waals surface area contributed by atoms with Crippen LogP contribution in [-0.2, 0) is 4.79 Å². The Morgan fingerprint density at radius 1 is 0.338 bits per heavy atom. The van der Waals surface area contributed by atoms with Crippen molar-refractivity contribution in [2.24, 2.45) is 0 Å². The van der Waals surface area contributed by atoms with Gasteiger partial charge < -0.3 is 20.6 Å². The van der Waals surface area contributed by atoms with Crippen LogP contribution in [0.15, 0.2) is 36.5 Å². The molecule has 0 heterocycles. The zero-order chi connectivity index (χ0) is 51.4. The minimum atomic E-state index is -1.17. The van der Waals surface area contributed by atoms with Gasteiger partial charge >= 0.3 is 0 Å². The third kappa shape index (κ3) is 56.1. The molecule has 0 bridgehead atoms. The molecule has 0 aromatic heterocycles. The van der Waals surface area contributed by atoms with Crippen LogP contribution in [-0.4, -0.2) is 46.1 Å². The number of hydrogen-bond acceptors (Lipinski definition) is 4. The smallest absolute Gasteiger partial charge is 0.220 e. The topological polar surface area (TPSA) is 89.8 Å². The molecule has 0 saturated carbocycles. The molecule has 0 aliphatic heterocycles. The van der Waals surface area contributed by atoms with Crippen LogP contribution >= 0.6 is 0 Å². The number of carbonyl (C=O) groups excluding carboxylic acids is 1. The molecule has 420 valence electrons. The van der Waals surface area contributed by atoms with Gasteiger partial charge in [-0.25, -0.2) is 0 Å². The Bertz CT molecular complexity index is 1100. The summed E-state index contributed by atoms with van der Waals surface area (Å²) in [5, 5.41) is 33.8. The van der Waals surface area contributed by atoms with E-state index in [-0.39, 0.29) is 12.5 Å². The maximum absolute atomic E-state index is 12.5. The Morgan fingerprint density at radius 2 is 0.577 bits per heavy atom. The van der Waals surface area contributed by atoms with E-state index in [0.29, 0.717) is 12.8 Å². The number of allylic oxidation sites excluding steroid dienone is 6. The highest BCUT2D eigenvalue weighted by Gasteiger charge is 2.26. The summed E-state index contributed by atoms with van der Waals surface area (Å²) in [6.45, 7) is 4.21. The zero-order valence-electron chi connectivity index (χ0n) is 48.1. The molecular formula is C66H127NO4. The van der Waals surface area contributed by atoms with E-state index in [1.54, 1.807) is 0 Å².